The minimum absolute atomic E-state index is 0.786. The molecule has 0 saturated carbocycles. The lowest BCUT2D eigenvalue weighted by Gasteiger charge is -2.16. The Balaban J connectivity index is 2.59. The molecule has 0 fully saturated rings. The van der Waals surface area contributed by atoms with Crippen LogP contribution in [0.5, 0.6) is 0 Å². The molecule has 1 aromatic carbocycles. The minimum Gasteiger partial charge on any atom is -0.330 e. The molecule has 18 heavy (non-hydrogen) atoms. The van der Waals surface area contributed by atoms with Crippen LogP contribution in [-0.2, 0) is 6.42 Å². The number of allylic oxidation sites excluding steroid dienone is 1. The van der Waals surface area contributed by atoms with Crippen LogP contribution >= 0.6 is 0 Å². The SMILES string of the molecule is C=C(C)c1ccc(CC(CCC)CCCN)cc1. The van der Waals surface area contributed by atoms with E-state index in [2.05, 4.69) is 44.7 Å². The number of hydrogen-bond donors (Lipinski definition) is 1. The fraction of sp³-hybridized carbons (Fsp3) is 0.529. The smallest absolute Gasteiger partial charge is 0.00772 e. The van der Waals surface area contributed by atoms with Gasteiger partial charge in [-0.3, -0.25) is 0 Å². The first kappa shape index (κ1) is 15.0. The summed E-state index contributed by atoms with van der Waals surface area (Å²) in [6.45, 7) is 9.10. The van der Waals surface area contributed by atoms with Gasteiger partial charge in [0.05, 0.1) is 0 Å². The summed E-state index contributed by atoms with van der Waals surface area (Å²) in [5.74, 6) is 0.786. The van der Waals surface area contributed by atoms with Crippen molar-refractivity contribution >= 4 is 5.57 Å². The first-order valence-corrected chi connectivity index (χ1v) is 7.12. The molecule has 0 amide bonds. The molecule has 1 nitrogen and oxygen atoms in total. The lowest BCUT2D eigenvalue weighted by molar-refractivity contribution is 0.432. The molecule has 0 saturated heterocycles. The third-order valence-electron chi connectivity index (χ3n) is 3.48. The van der Waals surface area contributed by atoms with Crippen molar-refractivity contribution in [3.05, 3.63) is 42.0 Å². The highest BCUT2D eigenvalue weighted by Gasteiger charge is 2.08. The highest BCUT2D eigenvalue weighted by atomic mass is 14.5. The largest absolute Gasteiger partial charge is 0.330 e. The summed E-state index contributed by atoms with van der Waals surface area (Å²) in [6, 6.07) is 8.86. The topological polar surface area (TPSA) is 26.0 Å². The molecule has 1 aromatic rings. The van der Waals surface area contributed by atoms with Gasteiger partial charge in [0.2, 0.25) is 0 Å². The Morgan fingerprint density at radius 2 is 1.89 bits per heavy atom. The number of benzene rings is 1. The third kappa shape index (κ3) is 5.05. The zero-order valence-corrected chi connectivity index (χ0v) is 11.9. The van der Waals surface area contributed by atoms with Gasteiger partial charge in [0.1, 0.15) is 0 Å². The van der Waals surface area contributed by atoms with E-state index in [1.165, 1.54) is 36.8 Å². The zero-order valence-electron chi connectivity index (χ0n) is 11.9. The number of nitrogens with two attached hydrogens (primary N) is 1. The van der Waals surface area contributed by atoms with E-state index in [4.69, 9.17) is 5.73 Å². The predicted octanol–water partition coefficient (Wildman–Crippen LogP) is 4.42. The second-order valence-corrected chi connectivity index (χ2v) is 5.27. The maximum atomic E-state index is 5.61. The van der Waals surface area contributed by atoms with Gasteiger partial charge >= 0.3 is 0 Å². The van der Waals surface area contributed by atoms with E-state index in [1.807, 2.05) is 0 Å². The van der Waals surface area contributed by atoms with Crippen LogP contribution in [0.4, 0.5) is 0 Å². The van der Waals surface area contributed by atoms with Crippen molar-refractivity contribution in [3.63, 3.8) is 0 Å². The molecule has 0 aliphatic rings. The molecule has 2 N–H and O–H groups in total. The molecule has 1 rings (SSSR count). The summed E-state index contributed by atoms with van der Waals surface area (Å²) in [5, 5.41) is 0. The van der Waals surface area contributed by atoms with Gasteiger partial charge in [-0.05, 0) is 49.8 Å². The van der Waals surface area contributed by atoms with E-state index in [0.29, 0.717) is 0 Å². The molecular formula is C17H27N. The van der Waals surface area contributed by atoms with Crippen molar-refractivity contribution in [3.8, 4) is 0 Å². The molecule has 1 heteroatoms. The summed E-state index contributed by atoms with van der Waals surface area (Å²) in [4.78, 5) is 0. The van der Waals surface area contributed by atoms with Crippen LogP contribution in [0.3, 0.4) is 0 Å². The van der Waals surface area contributed by atoms with Crippen molar-refractivity contribution in [2.45, 2.75) is 46.0 Å². The van der Waals surface area contributed by atoms with E-state index >= 15 is 0 Å². The molecule has 0 aliphatic carbocycles. The molecule has 1 unspecified atom stereocenters. The van der Waals surface area contributed by atoms with Gasteiger partial charge in [0.25, 0.3) is 0 Å². The highest BCUT2D eigenvalue weighted by molar-refractivity contribution is 5.61. The first-order valence-electron chi connectivity index (χ1n) is 7.12. The van der Waals surface area contributed by atoms with Crippen molar-refractivity contribution in [1.29, 1.82) is 0 Å². The monoisotopic (exact) mass is 245 g/mol. The van der Waals surface area contributed by atoms with Crippen LogP contribution in [0, 0.1) is 5.92 Å². The van der Waals surface area contributed by atoms with Crippen LogP contribution < -0.4 is 5.73 Å². The molecule has 0 aliphatic heterocycles. The third-order valence-corrected chi connectivity index (χ3v) is 3.48. The maximum absolute atomic E-state index is 5.61. The lowest BCUT2D eigenvalue weighted by Crippen LogP contribution is -2.08. The van der Waals surface area contributed by atoms with Crippen LogP contribution in [-0.4, -0.2) is 6.54 Å². The fourth-order valence-electron chi connectivity index (χ4n) is 2.42. The van der Waals surface area contributed by atoms with Gasteiger partial charge in [0, 0.05) is 0 Å². The number of rotatable bonds is 8. The summed E-state index contributed by atoms with van der Waals surface area (Å²) >= 11 is 0. The Hall–Kier alpha value is -1.08. The van der Waals surface area contributed by atoms with Gasteiger partial charge in [-0.2, -0.15) is 0 Å². The molecule has 100 valence electrons. The summed E-state index contributed by atoms with van der Waals surface area (Å²) in [6.07, 6.45) is 6.16. The van der Waals surface area contributed by atoms with Crippen LogP contribution in [0.2, 0.25) is 0 Å². The average Bonchev–Trinajstić information content (AvgIpc) is 2.37. The first-order chi connectivity index (χ1) is 8.67. The second kappa shape index (κ2) is 8.10. The fourth-order valence-corrected chi connectivity index (χ4v) is 2.42. The van der Waals surface area contributed by atoms with Crippen molar-refractivity contribution in [1.82, 2.24) is 0 Å². The van der Waals surface area contributed by atoms with Crippen LogP contribution in [0.15, 0.2) is 30.8 Å². The zero-order chi connectivity index (χ0) is 13.4. The Morgan fingerprint density at radius 3 is 2.39 bits per heavy atom. The van der Waals surface area contributed by atoms with E-state index in [1.54, 1.807) is 0 Å². The normalized spacial score (nSPS) is 12.4. The summed E-state index contributed by atoms with van der Waals surface area (Å²) in [5.41, 5.74) is 9.43. The molecule has 0 radical (unpaired) electrons. The Kier molecular flexibility index (Phi) is 6.74. The Morgan fingerprint density at radius 1 is 1.22 bits per heavy atom. The van der Waals surface area contributed by atoms with Crippen molar-refractivity contribution < 1.29 is 0 Å². The maximum Gasteiger partial charge on any atom is -0.00772 e. The standard InChI is InChI=1S/C17H27N/c1-4-6-15(7-5-12-18)13-16-8-10-17(11-9-16)14(2)3/h8-11,15H,2,4-7,12-13,18H2,1,3H3. The van der Waals surface area contributed by atoms with Gasteiger partial charge in [0.15, 0.2) is 0 Å². The average molecular weight is 245 g/mol. The van der Waals surface area contributed by atoms with E-state index in [-0.39, 0.29) is 0 Å². The molecular weight excluding hydrogens is 218 g/mol. The number of hydrogen-bond acceptors (Lipinski definition) is 1. The Labute approximate surface area is 112 Å². The minimum atomic E-state index is 0.786. The second-order valence-electron chi connectivity index (χ2n) is 5.27. The molecule has 0 aromatic heterocycles. The van der Waals surface area contributed by atoms with Gasteiger partial charge < -0.3 is 5.73 Å². The van der Waals surface area contributed by atoms with Gasteiger partial charge in [-0.15, -0.1) is 0 Å². The Bertz CT molecular complexity index is 350. The highest BCUT2D eigenvalue weighted by Crippen LogP contribution is 2.20. The van der Waals surface area contributed by atoms with E-state index in [0.717, 1.165) is 24.5 Å². The molecule has 0 bridgehead atoms. The van der Waals surface area contributed by atoms with Crippen LogP contribution in [0.25, 0.3) is 5.57 Å². The molecule has 0 heterocycles. The van der Waals surface area contributed by atoms with Gasteiger partial charge in [-0.25, -0.2) is 0 Å². The van der Waals surface area contributed by atoms with Crippen molar-refractivity contribution in [2.24, 2.45) is 11.7 Å². The van der Waals surface area contributed by atoms with Crippen molar-refractivity contribution in [2.75, 3.05) is 6.54 Å². The lowest BCUT2D eigenvalue weighted by atomic mass is 9.90. The summed E-state index contributed by atoms with van der Waals surface area (Å²) in [7, 11) is 0. The quantitative estimate of drug-likeness (QED) is 0.721. The molecule has 1 atom stereocenters. The van der Waals surface area contributed by atoms with Crippen LogP contribution in [0.1, 0.15) is 50.7 Å². The van der Waals surface area contributed by atoms with E-state index < -0.39 is 0 Å². The predicted molar refractivity (Wildman–Crippen MR) is 81.5 cm³/mol. The van der Waals surface area contributed by atoms with E-state index in [9.17, 15) is 0 Å². The molecule has 0 spiro atoms. The van der Waals surface area contributed by atoms with Gasteiger partial charge in [-0.1, -0.05) is 56.2 Å². The summed E-state index contributed by atoms with van der Waals surface area (Å²) < 4.78 is 0.